The van der Waals surface area contributed by atoms with Gasteiger partial charge < -0.3 is 34.8 Å². The predicted octanol–water partition coefficient (Wildman–Crippen LogP) is 4.10. The molecule has 3 aromatic rings. The minimum absolute atomic E-state index is 0.00929. The van der Waals surface area contributed by atoms with Gasteiger partial charge in [-0.05, 0) is 56.9 Å². The van der Waals surface area contributed by atoms with Crippen LogP contribution in [0.1, 0.15) is 53.1 Å². The van der Waals surface area contributed by atoms with Gasteiger partial charge >= 0.3 is 6.03 Å². The van der Waals surface area contributed by atoms with E-state index in [2.05, 4.69) is 38.1 Å². The fourth-order valence-electron chi connectivity index (χ4n) is 6.47. The smallest absolute Gasteiger partial charge is 0.323 e. The summed E-state index contributed by atoms with van der Waals surface area (Å²) in [7, 11) is 1.76. The van der Waals surface area contributed by atoms with E-state index in [0.717, 1.165) is 26.1 Å². The zero-order valence-corrected chi connectivity index (χ0v) is 25.9. The lowest BCUT2D eigenvalue weighted by Gasteiger charge is -2.42. The maximum atomic E-state index is 13.6. The Kier molecular flexibility index (Phi) is 9.04. The van der Waals surface area contributed by atoms with Crippen molar-refractivity contribution in [3.63, 3.8) is 0 Å². The van der Waals surface area contributed by atoms with E-state index >= 15 is 0 Å². The van der Waals surface area contributed by atoms with Crippen LogP contribution in [0, 0.1) is 13.8 Å². The molecule has 3 aliphatic rings. The van der Waals surface area contributed by atoms with Crippen molar-refractivity contribution >= 4 is 29.2 Å². The summed E-state index contributed by atoms with van der Waals surface area (Å²) >= 11 is 0. The molecule has 6 rings (SSSR count). The number of anilines is 2. The van der Waals surface area contributed by atoms with Crippen LogP contribution in [-0.4, -0.2) is 83.8 Å². The second-order valence-corrected chi connectivity index (χ2v) is 12.1. The van der Waals surface area contributed by atoms with Gasteiger partial charge in [0.25, 0.3) is 5.91 Å². The molecule has 0 bridgehead atoms. The molecule has 12 nitrogen and oxygen atoms in total. The largest absolute Gasteiger partial charge is 0.490 e. The van der Waals surface area contributed by atoms with E-state index in [1.54, 1.807) is 44.0 Å². The molecule has 0 saturated carbocycles. The van der Waals surface area contributed by atoms with Crippen LogP contribution in [0.2, 0.25) is 0 Å². The topological polar surface area (TPSA) is 138 Å². The highest BCUT2D eigenvalue weighted by Crippen LogP contribution is 2.33. The maximum Gasteiger partial charge on any atom is 0.323 e. The molecule has 2 aromatic carbocycles. The van der Waals surface area contributed by atoms with Crippen molar-refractivity contribution in [3.8, 4) is 5.75 Å². The number of urea groups is 1. The quantitative estimate of drug-likeness (QED) is 0.361. The number of ether oxygens (including phenoxy) is 2. The third-order valence-corrected chi connectivity index (χ3v) is 8.84. The molecule has 238 valence electrons. The molecule has 0 unspecified atom stereocenters. The first kappa shape index (κ1) is 30.6. The number of likely N-dealkylation sites (N-methyl/N-ethyl adjacent to an activating group) is 1. The fourth-order valence-corrected chi connectivity index (χ4v) is 6.47. The summed E-state index contributed by atoms with van der Waals surface area (Å²) in [4.78, 5) is 43.3. The fraction of sp³-hybridized carbons (Fsp3) is 0.455. The molecular formula is C33H40N6O6. The molecule has 4 heterocycles. The number of nitrogens with one attached hydrogen (secondary N) is 3. The van der Waals surface area contributed by atoms with E-state index in [9.17, 15) is 14.4 Å². The third-order valence-electron chi connectivity index (χ3n) is 8.84. The monoisotopic (exact) mass is 616 g/mol. The van der Waals surface area contributed by atoms with Crippen molar-refractivity contribution in [1.29, 1.82) is 0 Å². The average molecular weight is 617 g/mol. The molecule has 0 spiro atoms. The minimum atomic E-state index is -0.481. The van der Waals surface area contributed by atoms with E-state index in [1.807, 2.05) is 18.2 Å². The van der Waals surface area contributed by atoms with E-state index < -0.39 is 6.03 Å². The zero-order chi connectivity index (χ0) is 31.5. The minimum Gasteiger partial charge on any atom is -0.490 e. The Bertz CT molecular complexity index is 1520. The number of aryl methyl sites for hydroxylation is 2. The lowest BCUT2D eigenvalue weighted by atomic mass is 9.94. The Hall–Kier alpha value is -4.42. The lowest BCUT2D eigenvalue weighted by Crippen LogP contribution is -2.54. The lowest BCUT2D eigenvalue weighted by molar-refractivity contribution is -0.134. The van der Waals surface area contributed by atoms with E-state index in [0.29, 0.717) is 47.0 Å². The van der Waals surface area contributed by atoms with E-state index in [-0.39, 0.29) is 49.1 Å². The van der Waals surface area contributed by atoms with Crippen molar-refractivity contribution < 1.29 is 28.4 Å². The summed E-state index contributed by atoms with van der Waals surface area (Å²) in [6.07, 6.45) is 1.94. The van der Waals surface area contributed by atoms with Gasteiger partial charge in [0.1, 0.15) is 29.8 Å². The molecule has 4 amide bonds. The Morgan fingerprint density at radius 2 is 1.87 bits per heavy atom. The van der Waals surface area contributed by atoms with Gasteiger partial charge in [-0.2, -0.15) is 0 Å². The number of carbonyl (C=O) groups excluding carboxylic acids is 3. The highest BCUT2D eigenvalue weighted by atomic mass is 16.5. The van der Waals surface area contributed by atoms with Crippen LogP contribution in [0.15, 0.2) is 53.1 Å². The highest BCUT2D eigenvalue weighted by molar-refractivity contribution is 6.03. The molecule has 45 heavy (non-hydrogen) atoms. The number of aromatic nitrogens is 1. The molecule has 1 aromatic heterocycles. The van der Waals surface area contributed by atoms with Crippen molar-refractivity contribution in [3.05, 3.63) is 71.1 Å². The SMILES string of the molecule is Cc1noc(C)c1NC(=O)Nc1ccc2c(c1)C(=O)N(C)[C@@H]1CC[C@H](CC(=O)N[C@H]3CCN(Cc4ccccc4)C3)O[C@H]1CO2. The van der Waals surface area contributed by atoms with Crippen LogP contribution in [-0.2, 0) is 16.1 Å². The first-order valence-electron chi connectivity index (χ1n) is 15.5. The zero-order valence-electron chi connectivity index (χ0n) is 25.9. The van der Waals surface area contributed by atoms with Crippen LogP contribution >= 0.6 is 0 Å². The highest BCUT2D eigenvalue weighted by Gasteiger charge is 2.39. The van der Waals surface area contributed by atoms with Gasteiger partial charge in [-0.25, -0.2) is 4.79 Å². The first-order valence-corrected chi connectivity index (χ1v) is 15.5. The molecule has 12 heteroatoms. The van der Waals surface area contributed by atoms with Gasteiger partial charge in [0.05, 0.1) is 24.1 Å². The van der Waals surface area contributed by atoms with Crippen molar-refractivity contribution in [1.82, 2.24) is 20.3 Å². The normalized spacial score (nSPS) is 23.3. The molecule has 0 aliphatic carbocycles. The van der Waals surface area contributed by atoms with Crippen LogP contribution < -0.4 is 20.7 Å². The number of carbonyl (C=O) groups is 3. The average Bonchev–Trinajstić information content (AvgIpc) is 3.60. The van der Waals surface area contributed by atoms with Crippen LogP contribution in [0.4, 0.5) is 16.2 Å². The molecule has 3 aliphatic heterocycles. The Balaban J connectivity index is 1.02. The first-order chi connectivity index (χ1) is 21.7. The van der Waals surface area contributed by atoms with Gasteiger partial charge in [-0.3, -0.25) is 14.5 Å². The van der Waals surface area contributed by atoms with Crippen LogP contribution in [0.3, 0.4) is 0 Å². The molecule has 2 saturated heterocycles. The van der Waals surface area contributed by atoms with Gasteiger partial charge in [0.2, 0.25) is 5.91 Å². The van der Waals surface area contributed by atoms with Gasteiger partial charge in [0, 0.05) is 38.4 Å². The second-order valence-electron chi connectivity index (χ2n) is 12.1. The van der Waals surface area contributed by atoms with Crippen LogP contribution in [0.25, 0.3) is 0 Å². The summed E-state index contributed by atoms with van der Waals surface area (Å²) in [5.41, 5.74) is 3.14. The Labute approximate surface area is 262 Å². The predicted molar refractivity (Wildman–Crippen MR) is 167 cm³/mol. The van der Waals surface area contributed by atoms with E-state index in [1.165, 1.54) is 5.56 Å². The standard InChI is InChI=1S/C33H40N6O6/c1-20-31(21(2)45-37-20)36-33(42)35-23-9-12-28-26(15-23)32(41)38(3)27-11-10-25(44-29(27)19-43-28)16-30(40)34-24-13-14-39(18-24)17-22-7-5-4-6-8-22/h4-9,12,15,24-25,27,29H,10-11,13-14,16-19H2,1-3H3,(H,34,40)(H2,35,36,42)/t24-,25+,27+,29-/m0/s1. The molecular weight excluding hydrogens is 576 g/mol. The molecule has 2 fully saturated rings. The maximum absolute atomic E-state index is 13.6. The molecule has 0 radical (unpaired) electrons. The Morgan fingerprint density at radius 1 is 1.04 bits per heavy atom. The summed E-state index contributed by atoms with van der Waals surface area (Å²) < 4.78 is 17.6. The number of likely N-dealkylation sites (tertiary alicyclic amines) is 1. The number of rotatable bonds is 7. The Morgan fingerprint density at radius 3 is 2.64 bits per heavy atom. The number of hydrogen-bond donors (Lipinski definition) is 3. The second kappa shape index (κ2) is 13.3. The van der Waals surface area contributed by atoms with Crippen molar-refractivity contribution in [2.75, 3.05) is 37.4 Å². The molecule has 3 N–H and O–H groups in total. The number of hydrogen-bond acceptors (Lipinski definition) is 8. The number of fused-ring (bicyclic) bond motifs is 2. The third kappa shape index (κ3) is 7.12. The number of nitrogens with zero attached hydrogens (tertiary/aromatic N) is 3. The van der Waals surface area contributed by atoms with Crippen LogP contribution in [0.5, 0.6) is 5.75 Å². The summed E-state index contributed by atoms with van der Waals surface area (Å²) in [5.74, 6) is 0.671. The summed E-state index contributed by atoms with van der Waals surface area (Å²) in [6, 6.07) is 14.8. The van der Waals surface area contributed by atoms with Gasteiger partial charge in [-0.1, -0.05) is 35.5 Å². The van der Waals surface area contributed by atoms with Crippen molar-refractivity contribution in [2.24, 2.45) is 0 Å². The summed E-state index contributed by atoms with van der Waals surface area (Å²) in [6.45, 7) is 6.36. The number of amides is 4. The van der Waals surface area contributed by atoms with E-state index in [4.69, 9.17) is 14.0 Å². The molecule has 4 atom stereocenters. The van der Waals surface area contributed by atoms with Crippen molar-refractivity contribution in [2.45, 2.75) is 70.4 Å². The van der Waals surface area contributed by atoms with Gasteiger partial charge in [0.15, 0.2) is 5.76 Å². The summed E-state index contributed by atoms with van der Waals surface area (Å²) in [5, 5.41) is 12.5. The van der Waals surface area contributed by atoms with Gasteiger partial charge in [-0.15, -0.1) is 0 Å². The number of benzene rings is 2.